The largest absolute Gasteiger partial charge is 0.497 e. The molecule has 0 N–H and O–H groups in total. The molecule has 0 saturated carbocycles. The van der Waals surface area contributed by atoms with E-state index in [9.17, 15) is 8.42 Å². The molecule has 0 unspecified atom stereocenters. The molecule has 0 radical (unpaired) electrons. The maximum Gasteiger partial charge on any atom is 0.282 e. The van der Waals surface area contributed by atoms with Gasteiger partial charge in [0.15, 0.2) is 0 Å². The van der Waals surface area contributed by atoms with E-state index in [0.29, 0.717) is 39.3 Å². The summed E-state index contributed by atoms with van der Waals surface area (Å²) in [7, 11) is -1.63. The lowest BCUT2D eigenvalue weighted by molar-refractivity contribution is 0.295. The zero-order chi connectivity index (χ0) is 16.3. The Morgan fingerprint density at radius 1 is 0.913 bits per heavy atom. The molecule has 2 aliphatic rings. The Balaban J connectivity index is 1.63. The summed E-state index contributed by atoms with van der Waals surface area (Å²) in [5.74, 6) is 0.825. The lowest BCUT2D eigenvalue weighted by atomic mass is 10.2. The lowest BCUT2D eigenvalue weighted by Gasteiger charge is -2.38. The van der Waals surface area contributed by atoms with Gasteiger partial charge >= 0.3 is 0 Å². The number of hydrogen-bond acceptors (Lipinski definition) is 4. The van der Waals surface area contributed by atoms with E-state index in [1.165, 1.54) is 0 Å². The van der Waals surface area contributed by atoms with Crippen LogP contribution in [-0.2, 0) is 10.2 Å². The number of anilines is 1. The van der Waals surface area contributed by atoms with Gasteiger partial charge in [0.2, 0.25) is 0 Å². The van der Waals surface area contributed by atoms with Gasteiger partial charge in [0, 0.05) is 51.0 Å². The van der Waals surface area contributed by atoms with Crippen molar-refractivity contribution in [3.8, 4) is 5.75 Å². The monoisotopic (exact) mass is 339 g/mol. The first kappa shape index (κ1) is 16.5. The van der Waals surface area contributed by atoms with Crippen LogP contribution < -0.4 is 9.64 Å². The summed E-state index contributed by atoms with van der Waals surface area (Å²) in [5.41, 5.74) is 1.08. The van der Waals surface area contributed by atoms with Gasteiger partial charge in [-0.25, -0.2) is 0 Å². The third kappa shape index (κ3) is 3.62. The van der Waals surface area contributed by atoms with Crippen molar-refractivity contribution in [2.24, 2.45) is 0 Å². The van der Waals surface area contributed by atoms with Gasteiger partial charge in [0.25, 0.3) is 10.2 Å². The SMILES string of the molecule is COc1cccc(N2CCN(S(=O)(=O)N3CCCCC3)CC2)c1. The van der Waals surface area contributed by atoms with Crippen LogP contribution in [-0.4, -0.2) is 63.4 Å². The first-order valence-corrected chi connectivity index (χ1v) is 9.65. The Morgan fingerprint density at radius 3 is 2.22 bits per heavy atom. The Kier molecular flexibility index (Phi) is 5.08. The van der Waals surface area contributed by atoms with Crippen LogP contribution in [0.2, 0.25) is 0 Å². The van der Waals surface area contributed by atoms with Crippen LogP contribution in [0, 0.1) is 0 Å². The third-order valence-electron chi connectivity index (χ3n) is 4.62. The molecule has 2 heterocycles. The van der Waals surface area contributed by atoms with E-state index < -0.39 is 10.2 Å². The highest BCUT2D eigenvalue weighted by atomic mass is 32.2. The zero-order valence-corrected chi connectivity index (χ0v) is 14.5. The average Bonchev–Trinajstić information content (AvgIpc) is 2.62. The standard InChI is InChI=1S/C16H25N3O3S/c1-22-16-7-5-6-15(14-16)17-10-12-19(13-11-17)23(20,21)18-8-3-2-4-9-18/h5-7,14H,2-4,8-13H2,1H3. The Morgan fingerprint density at radius 2 is 1.57 bits per heavy atom. The van der Waals surface area contributed by atoms with Gasteiger partial charge in [0.05, 0.1) is 7.11 Å². The van der Waals surface area contributed by atoms with Crippen molar-refractivity contribution >= 4 is 15.9 Å². The number of nitrogens with zero attached hydrogens (tertiary/aromatic N) is 3. The normalized spacial score (nSPS) is 21.3. The number of piperazine rings is 1. The summed E-state index contributed by atoms with van der Waals surface area (Å²) in [4.78, 5) is 2.21. The van der Waals surface area contributed by atoms with Gasteiger partial charge in [-0.15, -0.1) is 0 Å². The van der Waals surface area contributed by atoms with Gasteiger partial charge in [-0.05, 0) is 25.0 Å². The zero-order valence-electron chi connectivity index (χ0n) is 13.6. The Bertz CT molecular complexity index is 621. The van der Waals surface area contributed by atoms with Crippen molar-refractivity contribution in [3.05, 3.63) is 24.3 Å². The predicted octanol–water partition coefficient (Wildman–Crippen LogP) is 1.55. The summed E-state index contributed by atoms with van der Waals surface area (Å²) in [5, 5.41) is 0. The molecule has 1 aromatic carbocycles. The van der Waals surface area contributed by atoms with Crippen LogP contribution in [0.4, 0.5) is 5.69 Å². The fraction of sp³-hybridized carbons (Fsp3) is 0.625. The van der Waals surface area contributed by atoms with Gasteiger partial charge in [-0.2, -0.15) is 17.0 Å². The molecular formula is C16H25N3O3S. The number of ether oxygens (including phenoxy) is 1. The van der Waals surface area contributed by atoms with Crippen LogP contribution in [0.1, 0.15) is 19.3 Å². The van der Waals surface area contributed by atoms with E-state index in [1.807, 2.05) is 24.3 Å². The van der Waals surface area contributed by atoms with Gasteiger partial charge in [-0.3, -0.25) is 0 Å². The summed E-state index contributed by atoms with van der Waals surface area (Å²) < 4.78 is 33.9. The van der Waals surface area contributed by atoms with Crippen molar-refractivity contribution in [3.63, 3.8) is 0 Å². The van der Waals surface area contributed by atoms with Crippen LogP contribution in [0.3, 0.4) is 0 Å². The smallest absolute Gasteiger partial charge is 0.282 e. The molecule has 7 heteroatoms. The van der Waals surface area contributed by atoms with E-state index in [0.717, 1.165) is 30.7 Å². The quantitative estimate of drug-likeness (QED) is 0.835. The molecule has 128 valence electrons. The highest BCUT2D eigenvalue weighted by Crippen LogP contribution is 2.24. The van der Waals surface area contributed by atoms with Crippen molar-refractivity contribution < 1.29 is 13.2 Å². The molecule has 0 atom stereocenters. The molecule has 6 nitrogen and oxygen atoms in total. The van der Waals surface area contributed by atoms with Crippen LogP contribution in [0.15, 0.2) is 24.3 Å². The summed E-state index contributed by atoms with van der Waals surface area (Å²) in [6.45, 7) is 3.82. The molecule has 3 rings (SSSR count). The molecule has 2 aliphatic heterocycles. The van der Waals surface area contributed by atoms with Crippen LogP contribution in [0.5, 0.6) is 5.75 Å². The number of benzene rings is 1. The first-order chi connectivity index (χ1) is 11.1. The molecule has 0 amide bonds. The molecule has 2 saturated heterocycles. The van der Waals surface area contributed by atoms with Crippen LogP contribution in [0.25, 0.3) is 0 Å². The number of piperidine rings is 1. The summed E-state index contributed by atoms with van der Waals surface area (Å²) in [6, 6.07) is 7.91. The second kappa shape index (κ2) is 7.07. The molecule has 1 aromatic rings. The molecule has 2 fully saturated rings. The topological polar surface area (TPSA) is 53.1 Å². The average molecular weight is 339 g/mol. The van der Waals surface area contributed by atoms with Crippen LogP contribution >= 0.6 is 0 Å². The fourth-order valence-corrected chi connectivity index (χ4v) is 4.91. The third-order valence-corrected chi connectivity index (χ3v) is 6.66. The highest BCUT2D eigenvalue weighted by molar-refractivity contribution is 7.86. The van der Waals surface area contributed by atoms with Crippen molar-refractivity contribution in [1.82, 2.24) is 8.61 Å². The van der Waals surface area contributed by atoms with E-state index >= 15 is 0 Å². The summed E-state index contributed by atoms with van der Waals surface area (Å²) >= 11 is 0. The number of methoxy groups -OCH3 is 1. The van der Waals surface area contributed by atoms with Gasteiger partial charge in [-0.1, -0.05) is 12.5 Å². The predicted molar refractivity (Wildman–Crippen MR) is 91.1 cm³/mol. The van der Waals surface area contributed by atoms with Crippen molar-refractivity contribution in [2.75, 3.05) is 51.3 Å². The Labute approximate surface area is 138 Å². The maximum atomic E-state index is 12.7. The molecule has 23 heavy (non-hydrogen) atoms. The van der Waals surface area contributed by atoms with E-state index in [-0.39, 0.29) is 0 Å². The van der Waals surface area contributed by atoms with Crippen molar-refractivity contribution in [2.45, 2.75) is 19.3 Å². The maximum absolute atomic E-state index is 12.7. The second-order valence-electron chi connectivity index (χ2n) is 6.06. The minimum Gasteiger partial charge on any atom is -0.497 e. The molecule has 0 aliphatic carbocycles. The highest BCUT2D eigenvalue weighted by Gasteiger charge is 2.32. The molecular weight excluding hydrogens is 314 g/mol. The molecule has 0 bridgehead atoms. The molecule has 0 aromatic heterocycles. The minimum absolute atomic E-state index is 0.538. The van der Waals surface area contributed by atoms with Gasteiger partial charge < -0.3 is 9.64 Å². The van der Waals surface area contributed by atoms with E-state index in [2.05, 4.69) is 4.90 Å². The first-order valence-electron chi connectivity index (χ1n) is 8.25. The van der Waals surface area contributed by atoms with Gasteiger partial charge in [0.1, 0.15) is 5.75 Å². The molecule has 0 spiro atoms. The summed E-state index contributed by atoms with van der Waals surface area (Å²) in [6.07, 6.45) is 3.08. The van der Waals surface area contributed by atoms with E-state index in [1.54, 1.807) is 15.7 Å². The lowest BCUT2D eigenvalue weighted by Crippen LogP contribution is -2.53. The minimum atomic E-state index is -3.29. The Hall–Kier alpha value is -1.31. The van der Waals surface area contributed by atoms with E-state index in [4.69, 9.17) is 4.74 Å². The second-order valence-corrected chi connectivity index (χ2v) is 7.98. The van der Waals surface area contributed by atoms with Crippen molar-refractivity contribution in [1.29, 1.82) is 0 Å². The number of hydrogen-bond donors (Lipinski definition) is 0. The fourth-order valence-electron chi connectivity index (χ4n) is 3.24. The number of rotatable bonds is 4.